The van der Waals surface area contributed by atoms with Crippen molar-refractivity contribution in [3.63, 3.8) is 0 Å². The summed E-state index contributed by atoms with van der Waals surface area (Å²) in [6.45, 7) is 4.71. The molecular weight excluding hydrogens is 248 g/mol. The summed E-state index contributed by atoms with van der Waals surface area (Å²) < 4.78 is 0. The fourth-order valence-corrected chi connectivity index (χ4v) is 3.57. The third-order valence-corrected chi connectivity index (χ3v) is 4.78. The second-order valence-electron chi connectivity index (χ2n) is 6.57. The molecule has 3 atom stereocenters. The second-order valence-corrected chi connectivity index (χ2v) is 6.57. The molecule has 1 aliphatic carbocycles. The maximum Gasteiger partial charge on any atom is 0.224 e. The normalized spacial score (nSPS) is 29.5. The van der Waals surface area contributed by atoms with Crippen LogP contribution in [0.5, 0.6) is 0 Å². The van der Waals surface area contributed by atoms with Crippen LogP contribution >= 0.6 is 0 Å². The van der Waals surface area contributed by atoms with Gasteiger partial charge in [0.15, 0.2) is 0 Å². The van der Waals surface area contributed by atoms with Crippen LogP contribution in [0.2, 0.25) is 0 Å². The van der Waals surface area contributed by atoms with E-state index in [1.54, 1.807) is 0 Å². The molecule has 1 fully saturated rings. The van der Waals surface area contributed by atoms with Crippen molar-refractivity contribution < 1.29 is 4.79 Å². The Morgan fingerprint density at radius 3 is 2.85 bits per heavy atom. The molecule has 3 heteroatoms. The first-order valence-corrected chi connectivity index (χ1v) is 7.81. The largest absolute Gasteiger partial charge is 0.382 e. The number of benzene rings is 1. The Morgan fingerprint density at radius 1 is 1.20 bits per heavy atom. The highest BCUT2D eigenvalue weighted by atomic mass is 16.1. The molecule has 0 radical (unpaired) electrons. The molecule has 3 rings (SSSR count). The lowest BCUT2D eigenvalue weighted by Crippen LogP contribution is -2.33. The molecule has 1 aliphatic heterocycles. The molecule has 3 unspecified atom stereocenters. The van der Waals surface area contributed by atoms with Crippen LogP contribution in [-0.4, -0.2) is 11.9 Å². The predicted molar refractivity (Wildman–Crippen MR) is 83.0 cm³/mol. The Kier molecular flexibility index (Phi) is 3.68. The third kappa shape index (κ3) is 2.82. The average Bonchev–Trinajstić information content (AvgIpc) is 2.42. The smallest absolute Gasteiger partial charge is 0.224 e. The number of nitrogens with one attached hydrogen (secondary N) is 2. The van der Waals surface area contributed by atoms with Crippen molar-refractivity contribution in [2.75, 3.05) is 10.6 Å². The Morgan fingerprint density at radius 2 is 2.05 bits per heavy atom. The molecule has 3 nitrogen and oxygen atoms in total. The van der Waals surface area contributed by atoms with E-state index in [9.17, 15) is 4.79 Å². The first-order valence-electron chi connectivity index (χ1n) is 7.81. The lowest BCUT2D eigenvalue weighted by Gasteiger charge is -2.34. The topological polar surface area (TPSA) is 41.1 Å². The SMILES string of the molecule is CC1CCC(Nc2ccc3c(c2)CCC(=O)N3)C(C)C1. The van der Waals surface area contributed by atoms with Gasteiger partial charge in [0.05, 0.1) is 0 Å². The van der Waals surface area contributed by atoms with Crippen LogP contribution in [0.3, 0.4) is 0 Å². The van der Waals surface area contributed by atoms with Crippen molar-refractivity contribution in [3.05, 3.63) is 23.8 Å². The van der Waals surface area contributed by atoms with E-state index in [4.69, 9.17) is 0 Å². The van der Waals surface area contributed by atoms with Crippen LogP contribution < -0.4 is 10.6 Å². The van der Waals surface area contributed by atoms with Gasteiger partial charge in [0.1, 0.15) is 0 Å². The maximum atomic E-state index is 11.4. The highest BCUT2D eigenvalue weighted by Gasteiger charge is 2.25. The molecule has 1 aromatic rings. The fraction of sp³-hybridized carbons (Fsp3) is 0.588. The summed E-state index contributed by atoms with van der Waals surface area (Å²) in [5.74, 6) is 1.73. The Balaban J connectivity index is 1.70. The number of hydrogen-bond donors (Lipinski definition) is 2. The summed E-state index contributed by atoms with van der Waals surface area (Å²) in [5.41, 5.74) is 3.44. The van der Waals surface area contributed by atoms with Crippen LogP contribution in [-0.2, 0) is 11.2 Å². The highest BCUT2D eigenvalue weighted by molar-refractivity contribution is 5.94. The summed E-state index contributed by atoms with van der Waals surface area (Å²) in [4.78, 5) is 11.4. The van der Waals surface area contributed by atoms with E-state index >= 15 is 0 Å². The van der Waals surface area contributed by atoms with Gasteiger partial charge in [-0.3, -0.25) is 4.79 Å². The molecule has 108 valence electrons. The van der Waals surface area contributed by atoms with Crippen LogP contribution in [0, 0.1) is 11.8 Å². The zero-order valence-electron chi connectivity index (χ0n) is 12.4. The first kappa shape index (κ1) is 13.5. The molecular formula is C17H24N2O. The highest BCUT2D eigenvalue weighted by Crippen LogP contribution is 2.32. The summed E-state index contributed by atoms with van der Waals surface area (Å²) in [5, 5.41) is 6.64. The number of carbonyl (C=O) groups is 1. The molecule has 1 saturated carbocycles. The molecule has 0 saturated heterocycles. The van der Waals surface area contributed by atoms with Gasteiger partial charge < -0.3 is 10.6 Å². The van der Waals surface area contributed by atoms with Crippen molar-refractivity contribution in [1.29, 1.82) is 0 Å². The van der Waals surface area contributed by atoms with E-state index in [0.29, 0.717) is 12.5 Å². The van der Waals surface area contributed by atoms with E-state index in [-0.39, 0.29) is 5.91 Å². The molecule has 2 aliphatic rings. The van der Waals surface area contributed by atoms with Crippen LogP contribution in [0.25, 0.3) is 0 Å². The number of aryl methyl sites for hydroxylation is 1. The fourth-order valence-electron chi connectivity index (χ4n) is 3.57. The molecule has 20 heavy (non-hydrogen) atoms. The van der Waals surface area contributed by atoms with Crippen molar-refractivity contribution in [3.8, 4) is 0 Å². The quantitative estimate of drug-likeness (QED) is 0.859. The van der Waals surface area contributed by atoms with Crippen LogP contribution in [0.15, 0.2) is 18.2 Å². The van der Waals surface area contributed by atoms with Crippen molar-refractivity contribution in [1.82, 2.24) is 0 Å². The second kappa shape index (κ2) is 5.47. The van der Waals surface area contributed by atoms with Gasteiger partial charge in [0.2, 0.25) is 5.91 Å². The third-order valence-electron chi connectivity index (χ3n) is 4.78. The number of carbonyl (C=O) groups excluding carboxylic acids is 1. The molecule has 1 aromatic carbocycles. The van der Waals surface area contributed by atoms with Crippen LogP contribution in [0.4, 0.5) is 11.4 Å². The zero-order chi connectivity index (χ0) is 14.1. The lowest BCUT2D eigenvalue weighted by atomic mass is 9.80. The minimum Gasteiger partial charge on any atom is -0.382 e. The lowest BCUT2D eigenvalue weighted by molar-refractivity contribution is -0.116. The number of fused-ring (bicyclic) bond motifs is 1. The number of hydrogen-bond acceptors (Lipinski definition) is 2. The summed E-state index contributed by atoms with van der Waals surface area (Å²) in [6.07, 6.45) is 5.36. The zero-order valence-corrected chi connectivity index (χ0v) is 12.4. The molecule has 0 spiro atoms. The van der Waals surface area contributed by atoms with E-state index in [0.717, 1.165) is 23.9 Å². The van der Waals surface area contributed by atoms with Gasteiger partial charge in [0, 0.05) is 23.8 Å². The molecule has 2 N–H and O–H groups in total. The van der Waals surface area contributed by atoms with Crippen molar-refractivity contribution in [2.24, 2.45) is 11.8 Å². The number of amides is 1. The van der Waals surface area contributed by atoms with Gasteiger partial charge in [0.25, 0.3) is 0 Å². The molecule has 0 bridgehead atoms. The van der Waals surface area contributed by atoms with E-state index in [1.165, 1.54) is 30.5 Å². The number of anilines is 2. The van der Waals surface area contributed by atoms with Crippen molar-refractivity contribution in [2.45, 2.75) is 52.0 Å². The molecule has 1 heterocycles. The minimum atomic E-state index is 0.132. The predicted octanol–water partition coefficient (Wildman–Crippen LogP) is 3.81. The Hall–Kier alpha value is -1.51. The van der Waals surface area contributed by atoms with Crippen LogP contribution in [0.1, 0.15) is 45.1 Å². The summed E-state index contributed by atoms with van der Waals surface area (Å²) in [6, 6.07) is 6.92. The van der Waals surface area contributed by atoms with E-state index in [2.05, 4.69) is 36.6 Å². The minimum absolute atomic E-state index is 0.132. The van der Waals surface area contributed by atoms with Gasteiger partial charge in [-0.2, -0.15) is 0 Å². The van der Waals surface area contributed by atoms with E-state index < -0.39 is 0 Å². The maximum absolute atomic E-state index is 11.4. The molecule has 1 amide bonds. The monoisotopic (exact) mass is 272 g/mol. The van der Waals surface area contributed by atoms with Gasteiger partial charge in [-0.15, -0.1) is 0 Å². The van der Waals surface area contributed by atoms with Gasteiger partial charge in [-0.05, 0) is 61.3 Å². The van der Waals surface area contributed by atoms with Crippen molar-refractivity contribution >= 4 is 17.3 Å². The standard InChI is InChI=1S/C17H24N2O/c1-11-3-6-15(12(2)9-11)18-14-5-7-16-13(10-14)4-8-17(20)19-16/h5,7,10-12,15,18H,3-4,6,8-9H2,1-2H3,(H,19,20). The summed E-state index contributed by atoms with van der Waals surface area (Å²) in [7, 11) is 0. The van der Waals surface area contributed by atoms with Gasteiger partial charge in [-0.25, -0.2) is 0 Å². The number of rotatable bonds is 2. The molecule has 0 aromatic heterocycles. The Labute approximate surface area is 121 Å². The summed E-state index contributed by atoms with van der Waals surface area (Å²) >= 11 is 0. The Bertz CT molecular complexity index is 512. The van der Waals surface area contributed by atoms with Gasteiger partial charge in [-0.1, -0.05) is 13.8 Å². The average molecular weight is 272 g/mol. The first-order chi connectivity index (χ1) is 9.61. The van der Waals surface area contributed by atoms with Gasteiger partial charge >= 0.3 is 0 Å². The van der Waals surface area contributed by atoms with E-state index in [1.807, 2.05) is 6.07 Å².